The highest BCUT2D eigenvalue weighted by Crippen LogP contribution is 2.21. The van der Waals surface area contributed by atoms with Crippen molar-refractivity contribution >= 4 is 5.96 Å². The molecule has 22 heavy (non-hydrogen) atoms. The highest BCUT2D eigenvalue weighted by molar-refractivity contribution is 5.79. The molecule has 0 amide bonds. The molecule has 0 aromatic rings. The maximum absolute atomic E-state index is 4.32. The van der Waals surface area contributed by atoms with E-state index in [2.05, 4.69) is 62.1 Å². The Kier molecular flexibility index (Phi) is 11.3. The number of nitrogens with zero attached hydrogens (tertiary/aromatic N) is 2. The van der Waals surface area contributed by atoms with Gasteiger partial charge in [0.05, 0.1) is 0 Å². The van der Waals surface area contributed by atoms with Crippen molar-refractivity contribution < 1.29 is 0 Å². The third kappa shape index (κ3) is 11.8. The van der Waals surface area contributed by atoms with Gasteiger partial charge in [0.1, 0.15) is 0 Å². The van der Waals surface area contributed by atoms with Crippen molar-refractivity contribution in [2.75, 3.05) is 33.2 Å². The molecule has 0 saturated carbocycles. The molecule has 0 aromatic carbocycles. The van der Waals surface area contributed by atoms with Crippen molar-refractivity contribution in [2.45, 2.75) is 73.3 Å². The molecule has 1 unspecified atom stereocenters. The Morgan fingerprint density at radius 3 is 2.27 bits per heavy atom. The number of aliphatic imine (C=N–C) groups is 1. The van der Waals surface area contributed by atoms with Crippen LogP contribution in [-0.2, 0) is 0 Å². The minimum atomic E-state index is 0.400. The maximum Gasteiger partial charge on any atom is 0.191 e. The number of rotatable bonds is 10. The Morgan fingerprint density at radius 1 is 1.14 bits per heavy atom. The third-order valence-electron chi connectivity index (χ3n) is 4.02. The van der Waals surface area contributed by atoms with Crippen LogP contribution < -0.4 is 10.6 Å². The fourth-order valence-electron chi connectivity index (χ4n) is 2.36. The van der Waals surface area contributed by atoms with Gasteiger partial charge in [-0.2, -0.15) is 0 Å². The smallest absolute Gasteiger partial charge is 0.191 e. The summed E-state index contributed by atoms with van der Waals surface area (Å²) < 4.78 is 0. The molecule has 4 nitrogen and oxygen atoms in total. The quantitative estimate of drug-likeness (QED) is 0.368. The number of nitrogens with one attached hydrogen (secondary N) is 2. The molecule has 0 aliphatic carbocycles. The van der Waals surface area contributed by atoms with Crippen LogP contribution in [0, 0.1) is 5.41 Å². The maximum atomic E-state index is 4.32. The summed E-state index contributed by atoms with van der Waals surface area (Å²) in [4.78, 5) is 6.80. The van der Waals surface area contributed by atoms with Gasteiger partial charge >= 0.3 is 0 Å². The molecule has 132 valence electrons. The fourth-order valence-corrected chi connectivity index (χ4v) is 2.36. The highest BCUT2D eigenvalue weighted by Gasteiger charge is 2.13. The molecular formula is C18H40N4. The van der Waals surface area contributed by atoms with Gasteiger partial charge in [0.15, 0.2) is 5.96 Å². The standard InChI is InChI=1S/C18H40N4/c1-8-22(9-2)15-11-10-14-20-17(19-7)21-16(3)12-13-18(4,5)6/h16H,8-15H2,1-7H3,(H2,19,20,21). The van der Waals surface area contributed by atoms with Crippen molar-refractivity contribution in [3.8, 4) is 0 Å². The Bertz CT molecular complexity index is 290. The summed E-state index contributed by atoms with van der Waals surface area (Å²) in [5.74, 6) is 0.934. The predicted octanol–water partition coefficient (Wildman–Crippen LogP) is 3.49. The van der Waals surface area contributed by atoms with E-state index in [1.54, 1.807) is 0 Å². The van der Waals surface area contributed by atoms with Gasteiger partial charge < -0.3 is 15.5 Å². The van der Waals surface area contributed by atoms with Crippen LogP contribution in [0.3, 0.4) is 0 Å². The van der Waals surface area contributed by atoms with E-state index in [9.17, 15) is 0 Å². The van der Waals surface area contributed by atoms with E-state index >= 15 is 0 Å². The lowest BCUT2D eigenvalue weighted by atomic mass is 9.89. The van der Waals surface area contributed by atoms with Crippen LogP contribution >= 0.6 is 0 Å². The summed E-state index contributed by atoms with van der Waals surface area (Å²) in [6.45, 7) is 18.1. The molecule has 0 aliphatic rings. The molecule has 0 aliphatic heterocycles. The summed E-state index contributed by atoms with van der Waals surface area (Å²) in [7, 11) is 1.85. The molecule has 0 aromatic heterocycles. The first kappa shape index (κ1) is 21.2. The van der Waals surface area contributed by atoms with Crippen LogP contribution in [0.4, 0.5) is 0 Å². The first-order valence-electron chi connectivity index (χ1n) is 9.02. The van der Waals surface area contributed by atoms with Crippen LogP contribution in [0.5, 0.6) is 0 Å². The van der Waals surface area contributed by atoms with Crippen LogP contribution in [0.25, 0.3) is 0 Å². The van der Waals surface area contributed by atoms with E-state index in [-0.39, 0.29) is 0 Å². The van der Waals surface area contributed by atoms with E-state index in [1.165, 1.54) is 32.2 Å². The highest BCUT2D eigenvalue weighted by atomic mass is 15.2. The monoisotopic (exact) mass is 312 g/mol. The Morgan fingerprint density at radius 2 is 1.77 bits per heavy atom. The second-order valence-electron chi connectivity index (χ2n) is 7.38. The molecule has 2 N–H and O–H groups in total. The lowest BCUT2D eigenvalue weighted by Crippen LogP contribution is -2.42. The van der Waals surface area contributed by atoms with Gasteiger partial charge in [-0.3, -0.25) is 4.99 Å². The average Bonchev–Trinajstić information content (AvgIpc) is 2.47. The molecule has 0 fully saturated rings. The van der Waals surface area contributed by atoms with Gasteiger partial charge in [-0.15, -0.1) is 0 Å². The third-order valence-corrected chi connectivity index (χ3v) is 4.02. The van der Waals surface area contributed by atoms with E-state index in [0.717, 1.165) is 25.6 Å². The van der Waals surface area contributed by atoms with E-state index < -0.39 is 0 Å². The summed E-state index contributed by atoms with van der Waals surface area (Å²) in [5, 5.41) is 6.92. The zero-order valence-electron chi connectivity index (χ0n) is 16.1. The number of hydrogen-bond acceptors (Lipinski definition) is 2. The van der Waals surface area contributed by atoms with E-state index in [1.807, 2.05) is 7.05 Å². The zero-order valence-corrected chi connectivity index (χ0v) is 16.1. The number of hydrogen-bond donors (Lipinski definition) is 2. The summed E-state index contributed by atoms with van der Waals surface area (Å²) in [6.07, 6.45) is 4.83. The predicted molar refractivity (Wildman–Crippen MR) is 99.7 cm³/mol. The fraction of sp³-hybridized carbons (Fsp3) is 0.944. The largest absolute Gasteiger partial charge is 0.356 e. The number of guanidine groups is 1. The molecule has 0 bridgehead atoms. The van der Waals surface area contributed by atoms with Gasteiger partial charge in [0.2, 0.25) is 0 Å². The first-order valence-corrected chi connectivity index (χ1v) is 9.02. The van der Waals surface area contributed by atoms with Gasteiger partial charge in [-0.25, -0.2) is 0 Å². The Hall–Kier alpha value is -0.770. The van der Waals surface area contributed by atoms with Gasteiger partial charge in [-0.1, -0.05) is 34.6 Å². The van der Waals surface area contributed by atoms with Crippen LogP contribution in [0.1, 0.15) is 67.2 Å². The van der Waals surface area contributed by atoms with Crippen molar-refractivity contribution in [2.24, 2.45) is 10.4 Å². The van der Waals surface area contributed by atoms with Crippen molar-refractivity contribution in [3.63, 3.8) is 0 Å². The summed E-state index contributed by atoms with van der Waals surface area (Å²) >= 11 is 0. The van der Waals surface area contributed by atoms with Crippen LogP contribution in [0.2, 0.25) is 0 Å². The van der Waals surface area contributed by atoms with Gasteiger partial charge in [0.25, 0.3) is 0 Å². The normalized spacial score (nSPS) is 14.3. The van der Waals surface area contributed by atoms with Crippen molar-refractivity contribution in [1.29, 1.82) is 0 Å². The SMILES string of the molecule is CCN(CC)CCCCNC(=NC)NC(C)CCC(C)(C)C. The summed E-state index contributed by atoms with van der Waals surface area (Å²) in [6, 6.07) is 0.459. The first-order chi connectivity index (χ1) is 10.3. The summed E-state index contributed by atoms with van der Waals surface area (Å²) in [5.41, 5.74) is 0.400. The van der Waals surface area contributed by atoms with Crippen LogP contribution in [-0.4, -0.2) is 50.1 Å². The molecule has 0 spiro atoms. The van der Waals surface area contributed by atoms with Gasteiger partial charge in [0, 0.05) is 19.6 Å². The lowest BCUT2D eigenvalue weighted by Gasteiger charge is -2.23. The van der Waals surface area contributed by atoms with E-state index in [0.29, 0.717) is 11.5 Å². The molecule has 0 heterocycles. The lowest BCUT2D eigenvalue weighted by molar-refractivity contribution is 0.297. The molecule has 0 saturated heterocycles. The second kappa shape index (κ2) is 11.8. The molecule has 4 heteroatoms. The van der Waals surface area contributed by atoms with Gasteiger partial charge in [-0.05, 0) is 57.7 Å². The van der Waals surface area contributed by atoms with Crippen LogP contribution in [0.15, 0.2) is 4.99 Å². The van der Waals surface area contributed by atoms with E-state index in [4.69, 9.17) is 0 Å². The Labute approximate surface area is 139 Å². The second-order valence-corrected chi connectivity index (χ2v) is 7.38. The topological polar surface area (TPSA) is 39.7 Å². The Balaban J connectivity index is 3.84. The minimum Gasteiger partial charge on any atom is -0.356 e. The average molecular weight is 313 g/mol. The molecule has 0 radical (unpaired) electrons. The zero-order chi connectivity index (χ0) is 17.0. The molecule has 1 atom stereocenters. The van der Waals surface area contributed by atoms with Crippen molar-refractivity contribution in [1.82, 2.24) is 15.5 Å². The number of unbranched alkanes of at least 4 members (excludes halogenated alkanes) is 1. The molecule has 0 rings (SSSR count). The minimum absolute atomic E-state index is 0.400. The van der Waals surface area contributed by atoms with Crippen molar-refractivity contribution in [3.05, 3.63) is 0 Å². The molecular weight excluding hydrogens is 272 g/mol.